The van der Waals surface area contributed by atoms with E-state index in [0.717, 1.165) is 16.7 Å². The van der Waals surface area contributed by atoms with Crippen LogP contribution >= 0.6 is 0 Å². The van der Waals surface area contributed by atoms with E-state index in [1.54, 1.807) is 35.5 Å². The fourth-order valence-corrected chi connectivity index (χ4v) is 4.12. The maximum atomic E-state index is 13.9. The van der Waals surface area contributed by atoms with Crippen LogP contribution in [0.25, 0.3) is 11.1 Å². The van der Waals surface area contributed by atoms with Gasteiger partial charge in [0.15, 0.2) is 5.60 Å². The number of ether oxygens (including phenoxy) is 1. The van der Waals surface area contributed by atoms with Crippen LogP contribution in [0.2, 0.25) is 0 Å². The van der Waals surface area contributed by atoms with Crippen molar-refractivity contribution >= 4 is 11.8 Å². The van der Waals surface area contributed by atoms with Gasteiger partial charge in [-0.05, 0) is 40.8 Å². The molecule has 0 spiro atoms. The van der Waals surface area contributed by atoms with Crippen molar-refractivity contribution in [2.45, 2.75) is 24.9 Å². The Morgan fingerprint density at radius 3 is 2.55 bits per heavy atom. The number of morpholine rings is 1. The van der Waals surface area contributed by atoms with Crippen molar-refractivity contribution in [2.75, 3.05) is 19.7 Å². The minimum absolute atomic E-state index is 0.0722. The number of primary amides is 1. The Balaban J connectivity index is 1.44. The van der Waals surface area contributed by atoms with Gasteiger partial charge in [-0.2, -0.15) is 0 Å². The highest BCUT2D eigenvalue weighted by atomic mass is 19.1. The Morgan fingerprint density at radius 1 is 1.06 bits per heavy atom. The Kier molecular flexibility index (Phi) is 6.79. The molecule has 2 N–H and O–H groups in total. The number of rotatable bonds is 7. The third kappa shape index (κ3) is 5.26. The van der Waals surface area contributed by atoms with Crippen LogP contribution in [0.1, 0.15) is 17.5 Å². The average Bonchev–Trinajstić information content (AvgIpc) is 2.84. The summed E-state index contributed by atoms with van der Waals surface area (Å²) in [6.07, 6.45) is 4.21. The normalized spacial score (nSPS) is 18.2. The lowest BCUT2D eigenvalue weighted by atomic mass is 9.90. The first-order valence-electron chi connectivity index (χ1n) is 10.9. The summed E-state index contributed by atoms with van der Waals surface area (Å²) in [5.41, 5.74) is 7.83. The summed E-state index contributed by atoms with van der Waals surface area (Å²) >= 11 is 0. The number of hydrogen-bond acceptors (Lipinski definition) is 4. The summed E-state index contributed by atoms with van der Waals surface area (Å²) in [5, 5.41) is 0. The third-order valence-corrected chi connectivity index (χ3v) is 5.99. The van der Waals surface area contributed by atoms with E-state index in [-0.39, 0.29) is 37.7 Å². The summed E-state index contributed by atoms with van der Waals surface area (Å²) in [6, 6.07) is 18.0. The second-order valence-electron chi connectivity index (χ2n) is 8.23. The number of benzene rings is 2. The number of carbonyl (C=O) groups is 2. The molecule has 1 aromatic heterocycles. The van der Waals surface area contributed by atoms with Crippen LogP contribution in [0.5, 0.6) is 0 Å². The molecule has 0 bridgehead atoms. The molecule has 1 aliphatic heterocycles. The lowest BCUT2D eigenvalue weighted by molar-refractivity contribution is -0.163. The lowest BCUT2D eigenvalue weighted by Crippen LogP contribution is -2.61. The molecule has 0 aliphatic carbocycles. The zero-order valence-electron chi connectivity index (χ0n) is 18.2. The van der Waals surface area contributed by atoms with Crippen LogP contribution in [-0.4, -0.2) is 47.0 Å². The van der Waals surface area contributed by atoms with E-state index in [4.69, 9.17) is 10.5 Å². The Morgan fingerprint density at radius 2 is 1.85 bits per heavy atom. The minimum atomic E-state index is -1.30. The molecular weight excluding hydrogens is 421 g/mol. The molecule has 6 nitrogen and oxygen atoms in total. The third-order valence-electron chi connectivity index (χ3n) is 5.99. The predicted octanol–water partition coefficient (Wildman–Crippen LogP) is 3.15. The van der Waals surface area contributed by atoms with E-state index < -0.39 is 11.5 Å². The lowest BCUT2D eigenvalue weighted by Gasteiger charge is -2.41. The second-order valence-corrected chi connectivity index (χ2v) is 8.23. The molecule has 4 rings (SSSR count). The van der Waals surface area contributed by atoms with E-state index in [2.05, 4.69) is 4.98 Å². The average molecular weight is 448 g/mol. The van der Waals surface area contributed by atoms with E-state index in [1.165, 1.54) is 6.07 Å². The molecule has 2 heterocycles. The predicted molar refractivity (Wildman–Crippen MR) is 123 cm³/mol. The number of aryl methyl sites for hydroxylation is 1. The molecule has 1 aliphatic rings. The highest BCUT2D eigenvalue weighted by Gasteiger charge is 2.43. The molecule has 1 fully saturated rings. The van der Waals surface area contributed by atoms with Crippen molar-refractivity contribution < 1.29 is 18.7 Å². The zero-order valence-corrected chi connectivity index (χ0v) is 18.2. The van der Waals surface area contributed by atoms with Crippen molar-refractivity contribution in [3.63, 3.8) is 0 Å². The summed E-state index contributed by atoms with van der Waals surface area (Å²) < 4.78 is 19.8. The first-order chi connectivity index (χ1) is 16.0. The van der Waals surface area contributed by atoms with Gasteiger partial charge in [-0.25, -0.2) is 4.39 Å². The molecule has 1 unspecified atom stereocenters. The molecule has 170 valence electrons. The van der Waals surface area contributed by atoms with Crippen LogP contribution in [0, 0.1) is 5.82 Å². The van der Waals surface area contributed by atoms with Crippen molar-refractivity contribution in [2.24, 2.45) is 5.73 Å². The Labute approximate surface area is 192 Å². The van der Waals surface area contributed by atoms with Gasteiger partial charge in [-0.15, -0.1) is 0 Å². The standard InChI is InChI=1S/C26H26FN3O3/c27-23-6-2-1-4-21(23)11-12-24(31)30-14-15-33-26(18-30,25(28)32)16-19-7-9-20(10-8-19)22-5-3-13-29-17-22/h1-10,13,17H,11-12,14-16,18H2,(H2,28,32). The summed E-state index contributed by atoms with van der Waals surface area (Å²) in [7, 11) is 0. The van der Waals surface area contributed by atoms with Crippen molar-refractivity contribution in [1.82, 2.24) is 9.88 Å². The fraction of sp³-hybridized carbons (Fsp3) is 0.269. The van der Waals surface area contributed by atoms with Crippen molar-refractivity contribution in [1.29, 1.82) is 0 Å². The molecule has 3 aromatic rings. The van der Waals surface area contributed by atoms with Gasteiger partial charge in [-0.1, -0.05) is 48.5 Å². The molecule has 1 saturated heterocycles. The highest BCUT2D eigenvalue weighted by Crippen LogP contribution is 2.26. The van der Waals surface area contributed by atoms with Gasteiger partial charge in [0.2, 0.25) is 5.91 Å². The number of halogens is 1. The molecule has 0 radical (unpaired) electrons. The highest BCUT2D eigenvalue weighted by molar-refractivity contribution is 5.86. The maximum absolute atomic E-state index is 13.9. The quantitative estimate of drug-likeness (QED) is 0.603. The van der Waals surface area contributed by atoms with Gasteiger partial charge < -0.3 is 15.4 Å². The van der Waals surface area contributed by atoms with Gasteiger partial charge in [0.05, 0.1) is 13.2 Å². The van der Waals surface area contributed by atoms with Gasteiger partial charge in [0, 0.05) is 31.8 Å². The van der Waals surface area contributed by atoms with Crippen LogP contribution in [0.4, 0.5) is 4.39 Å². The fourth-order valence-electron chi connectivity index (χ4n) is 4.12. The van der Waals surface area contributed by atoms with Gasteiger partial charge >= 0.3 is 0 Å². The number of amides is 2. The largest absolute Gasteiger partial charge is 0.367 e. The molecule has 1 atom stereocenters. The number of nitrogens with two attached hydrogens (primary N) is 1. The van der Waals surface area contributed by atoms with Crippen LogP contribution in [-0.2, 0) is 27.2 Å². The van der Waals surface area contributed by atoms with E-state index in [9.17, 15) is 14.0 Å². The first-order valence-corrected chi connectivity index (χ1v) is 10.9. The number of pyridine rings is 1. The van der Waals surface area contributed by atoms with Gasteiger partial charge in [-0.3, -0.25) is 14.6 Å². The summed E-state index contributed by atoms with van der Waals surface area (Å²) in [6.45, 7) is 0.649. The van der Waals surface area contributed by atoms with Gasteiger partial charge in [0.25, 0.3) is 5.91 Å². The molecular formula is C26H26FN3O3. The molecule has 33 heavy (non-hydrogen) atoms. The number of nitrogens with zero attached hydrogens (tertiary/aromatic N) is 2. The monoisotopic (exact) mass is 447 g/mol. The number of aromatic nitrogens is 1. The van der Waals surface area contributed by atoms with Crippen molar-refractivity contribution in [3.05, 3.63) is 90.0 Å². The van der Waals surface area contributed by atoms with Crippen molar-refractivity contribution in [3.8, 4) is 11.1 Å². The molecule has 0 saturated carbocycles. The van der Waals surface area contributed by atoms with Gasteiger partial charge in [0.1, 0.15) is 5.82 Å². The molecule has 2 aromatic carbocycles. The van der Waals surface area contributed by atoms with Crippen LogP contribution in [0.15, 0.2) is 73.1 Å². The Hall–Kier alpha value is -3.58. The van der Waals surface area contributed by atoms with Crippen LogP contribution in [0.3, 0.4) is 0 Å². The summed E-state index contributed by atoms with van der Waals surface area (Å²) in [4.78, 5) is 31.0. The summed E-state index contributed by atoms with van der Waals surface area (Å²) in [5.74, 6) is -1.09. The SMILES string of the molecule is NC(=O)C1(Cc2ccc(-c3cccnc3)cc2)CN(C(=O)CCc2ccccc2F)CCO1. The molecule has 2 amide bonds. The zero-order chi connectivity index (χ0) is 23.3. The minimum Gasteiger partial charge on any atom is -0.367 e. The molecule has 7 heteroatoms. The maximum Gasteiger partial charge on any atom is 0.251 e. The smallest absolute Gasteiger partial charge is 0.251 e. The first kappa shape index (κ1) is 22.6. The van der Waals surface area contributed by atoms with E-state index in [1.807, 2.05) is 36.4 Å². The topological polar surface area (TPSA) is 85.5 Å². The van der Waals surface area contributed by atoms with E-state index in [0.29, 0.717) is 18.5 Å². The van der Waals surface area contributed by atoms with E-state index >= 15 is 0 Å². The number of carbonyl (C=O) groups excluding carboxylic acids is 2. The Bertz CT molecular complexity index is 1120. The van der Waals surface area contributed by atoms with Crippen LogP contribution < -0.4 is 5.73 Å². The second kappa shape index (κ2) is 9.92. The number of hydrogen-bond donors (Lipinski definition) is 1.